The van der Waals surface area contributed by atoms with E-state index in [1.807, 2.05) is 6.92 Å². The molecule has 19 heavy (non-hydrogen) atoms. The Morgan fingerprint density at radius 1 is 1.47 bits per heavy atom. The molecule has 1 rings (SSSR count). The van der Waals surface area contributed by atoms with E-state index in [9.17, 15) is 9.59 Å². The highest BCUT2D eigenvalue weighted by Gasteiger charge is 2.28. The van der Waals surface area contributed by atoms with E-state index in [0.29, 0.717) is 6.54 Å². The number of aryl methyl sites for hydroxylation is 2. The molecule has 0 fully saturated rings. The number of carboxylic acids is 1. The van der Waals surface area contributed by atoms with E-state index in [2.05, 4.69) is 20.8 Å². The van der Waals surface area contributed by atoms with E-state index in [4.69, 9.17) is 5.11 Å². The molecule has 0 saturated carbocycles. The molecule has 0 atom stereocenters. The van der Waals surface area contributed by atoms with E-state index in [1.54, 1.807) is 6.20 Å². The summed E-state index contributed by atoms with van der Waals surface area (Å²) in [6.45, 7) is 5.29. The number of rotatable bonds is 6. The molecular weight excluding hydrogens is 248 g/mol. The van der Waals surface area contributed by atoms with Crippen LogP contribution in [-0.4, -0.2) is 39.4 Å². The third kappa shape index (κ3) is 4.61. The number of carboxylic acid groups (broad SMARTS) is 1. The van der Waals surface area contributed by atoms with Gasteiger partial charge >= 0.3 is 12.0 Å². The van der Waals surface area contributed by atoms with Crippen LogP contribution in [0.15, 0.2) is 6.20 Å². The summed E-state index contributed by atoms with van der Waals surface area (Å²) in [4.78, 5) is 22.3. The number of urea groups is 1. The van der Waals surface area contributed by atoms with Crippen LogP contribution in [0.3, 0.4) is 0 Å². The number of hydrogen-bond donors (Lipinski definition) is 4. The molecule has 0 aliphatic rings. The van der Waals surface area contributed by atoms with E-state index in [1.165, 1.54) is 13.8 Å². The molecule has 0 saturated heterocycles. The van der Waals surface area contributed by atoms with Gasteiger partial charge < -0.3 is 15.7 Å². The fourth-order valence-corrected chi connectivity index (χ4v) is 1.49. The van der Waals surface area contributed by atoms with Crippen molar-refractivity contribution >= 4 is 12.0 Å². The lowest BCUT2D eigenvalue weighted by molar-refractivity contribution is -0.142. The van der Waals surface area contributed by atoms with Gasteiger partial charge in [-0.1, -0.05) is 0 Å². The minimum absolute atomic E-state index is 0.476. The quantitative estimate of drug-likeness (QED) is 0.573. The molecule has 0 unspecified atom stereocenters. The smallest absolute Gasteiger partial charge is 0.328 e. The predicted molar refractivity (Wildman–Crippen MR) is 69.9 cm³/mol. The van der Waals surface area contributed by atoms with Gasteiger partial charge in [-0.3, -0.25) is 5.10 Å². The van der Waals surface area contributed by atoms with Crippen molar-refractivity contribution in [1.82, 2.24) is 20.8 Å². The second kappa shape index (κ2) is 6.21. The summed E-state index contributed by atoms with van der Waals surface area (Å²) in [5.74, 6) is -1.07. The number of carbonyl (C=O) groups is 2. The van der Waals surface area contributed by atoms with Gasteiger partial charge in [-0.2, -0.15) is 5.10 Å². The zero-order valence-electron chi connectivity index (χ0n) is 11.4. The van der Waals surface area contributed by atoms with Crippen molar-refractivity contribution in [2.75, 3.05) is 6.54 Å². The first kappa shape index (κ1) is 15.0. The highest BCUT2D eigenvalue weighted by Crippen LogP contribution is 2.05. The van der Waals surface area contributed by atoms with Crippen LogP contribution < -0.4 is 10.6 Å². The minimum Gasteiger partial charge on any atom is -0.480 e. The Bertz CT molecular complexity index is 454. The largest absolute Gasteiger partial charge is 0.480 e. The summed E-state index contributed by atoms with van der Waals surface area (Å²) >= 11 is 0. The van der Waals surface area contributed by atoms with Gasteiger partial charge in [0.15, 0.2) is 0 Å². The number of nitrogens with zero attached hydrogens (tertiary/aromatic N) is 1. The lowest BCUT2D eigenvalue weighted by Crippen LogP contribution is -2.53. The molecule has 7 nitrogen and oxygen atoms in total. The summed E-state index contributed by atoms with van der Waals surface area (Å²) in [5, 5.41) is 20.6. The second-order valence-corrected chi connectivity index (χ2v) is 4.93. The van der Waals surface area contributed by atoms with E-state index < -0.39 is 17.5 Å². The van der Waals surface area contributed by atoms with Crippen molar-refractivity contribution in [2.24, 2.45) is 0 Å². The molecule has 2 amide bonds. The molecule has 0 spiro atoms. The van der Waals surface area contributed by atoms with Gasteiger partial charge in [-0.25, -0.2) is 9.59 Å². The molecule has 1 heterocycles. The zero-order valence-corrected chi connectivity index (χ0v) is 11.4. The van der Waals surface area contributed by atoms with Crippen LogP contribution in [0.4, 0.5) is 4.79 Å². The summed E-state index contributed by atoms with van der Waals surface area (Å²) in [6, 6.07) is -0.476. The molecule has 0 radical (unpaired) electrons. The van der Waals surface area contributed by atoms with Crippen molar-refractivity contribution in [3.63, 3.8) is 0 Å². The molecule has 1 aromatic heterocycles. The number of carbonyl (C=O) groups excluding carboxylic acids is 1. The molecule has 0 aromatic carbocycles. The molecule has 106 valence electrons. The number of hydrogen-bond acceptors (Lipinski definition) is 3. The Morgan fingerprint density at radius 2 is 2.16 bits per heavy atom. The first-order chi connectivity index (χ1) is 8.83. The normalized spacial score (nSPS) is 11.1. The average molecular weight is 268 g/mol. The summed E-state index contributed by atoms with van der Waals surface area (Å²) in [5.41, 5.74) is 0.870. The maximum Gasteiger partial charge on any atom is 0.328 e. The fourth-order valence-electron chi connectivity index (χ4n) is 1.49. The van der Waals surface area contributed by atoms with Crippen molar-refractivity contribution in [2.45, 2.75) is 39.2 Å². The van der Waals surface area contributed by atoms with Crippen molar-refractivity contribution < 1.29 is 14.7 Å². The molecule has 4 N–H and O–H groups in total. The average Bonchev–Trinajstić information content (AvgIpc) is 2.69. The summed E-state index contributed by atoms with van der Waals surface area (Å²) in [7, 11) is 0. The van der Waals surface area contributed by atoms with Crippen LogP contribution in [0.25, 0.3) is 0 Å². The number of aromatic amines is 1. The third-order valence-corrected chi connectivity index (χ3v) is 2.80. The number of nitrogens with one attached hydrogen (secondary N) is 3. The molecule has 1 aromatic rings. The van der Waals surface area contributed by atoms with Crippen LogP contribution in [0, 0.1) is 6.92 Å². The topological polar surface area (TPSA) is 107 Å². The summed E-state index contributed by atoms with van der Waals surface area (Å²) < 4.78 is 0. The predicted octanol–water partition coefficient (Wildman–Crippen LogP) is 0.813. The van der Waals surface area contributed by atoms with Gasteiger partial charge in [-0.15, -0.1) is 0 Å². The lowest BCUT2D eigenvalue weighted by atomic mass is 10.1. The van der Waals surface area contributed by atoms with Crippen LogP contribution in [0.1, 0.15) is 31.5 Å². The molecule has 0 aliphatic heterocycles. The Kier molecular flexibility index (Phi) is 4.91. The molecule has 7 heteroatoms. The van der Waals surface area contributed by atoms with Crippen LogP contribution in [-0.2, 0) is 11.2 Å². The first-order valence-electron chi connectivity index (χ1n) is 6.11. The number of H-pyrrole nitrogens is 1. The Hall–Kier alpha value is -2.05. The zero-order chi connectivity index (χ0) is 14.5. The van der Waals surface area contributed by atoms with E-state index in [-0.39, 0.29) is 0 Å². The molecule has 0 aliphatic carbocycles. The first-order valence-corrected chi connectivity index (χ1v) is 6.11. The molecular formula is C12H20N4O3. The monoisotopic (exact) mass is 268 g/mol. The Balaban J connectivity index is 2.25. The van der Waals surface area contributed by atoms with Gasteiger partial charge in [0.2, 0.25) is 0 Å². The standard InChI is InChI=1S/C12H20N4O3/c1-8-9(7-14-16-8)5-4-6-13-11(19)15-12(2,3)10(17)18/h7H,4-6H2,1-3H3,(H,14,16)(H,17,18)(H2,13,15,19). The van der Waals surface area contributed by atoms with Gasteiger partial charge in [0.05, 0.1) is 6.20 Å². The highest BCUT2D eigenvalue weighted by atomic mass is 16.4. The van der Waals surface area contributed by atoms with Crippen molar-refractivity contribution in [3.05, 3.63) is 17.5 Å². The number of aromatic nitrogens is 2. The van der Waals surface area contributed by atoms with E-state index >= 15 is 0 Å². The maximum atomic E-state index is 11.5. The minimum atomic E-state index is -1.27. The SMILES string of the molecule is Cc1[nH]ncc1CCCNC(=O)NC(C)(C)C(=O)O. The summed E-state index contributed by atoms with van der Waals surface area (Å²) in [6.07, 6.45) is 3.34. The van der Waals surface area contributed by atoms with Crippen LogP contribution in [0.2, 0.25) is 0 Å². The highest BCUT2D eigenvalue weighted by molar-refractivity contribution is 5.85. The number of amides is 2. The van der Waals surface area contributed by atoms with Crippen LogP contribution >= 0.6 is 0 Å². The fraction of sp³-hybridized carbons (Fsp3) is 0.583. The number of aliphatic carboxylic acids is 1. The van der Waals surface area contributed by atoms with Gasteiger partial charge in [0, 0.05) is 12.2 Å². The third-order valence-electron chi connectivity index (χ3n) is 2.80. The van der Waals surface area contributed by atoms with Gasteiger partial charge in [0.1, 0.15) is 5.54 Å². The van der Waals surface area contributed by atoms with Crippen LogP contribution in [0.5, 0.6) is 0 Å². The van der Waals surface area contributed by atoms with Gasteiger partial charge in [0.25, 0.3) is 0 Å². The van der Waals surface area contributed by atoms with E-state index in [0.717, 1.165) is 24.1 Å². The Labute approximate surface area is 111 Å². The maximum absolute atomic E-state index is 11.5. The van der Waals surface area contributed by atoms with Gasteiger partial charge in [-0.05, 0) is 39.2 Å². The molecule has 0 bridgehead atoms. The van der Waals surface area contributed by atoms with Crippen molar-refractivity contribution in [3.8, 4) is 0 Å². The second-order valence-electron chi connectivity index (χ2n) is 4.93. The lowest BCUT2D eigenvalue weighted by Gasteiger charge is -2.21. The Morgan fingerprint density at radius 3 is 2.68 bits per heavy atom. The van der Waals surface area contributed by atoms with Crippen molar-refractivity contribution in [1.29, 1.82) is 0 Å².